The smallest absolute Gasteiger partial charge is 0.416 e. The van der Waals surface area contributed by atoms with E-state index in [2.05, 4.69) is 9.47 Å². The second-order valence-electron chi connectivity index (χ2n) is 3.24. The van der Waals surface area contributed by atoms with Gasteiger partial charge in [0.2, 0.25) is 0 Å². The van der Waals surface area contributed by atoms with Gasteiger partial charge in [-0.3, -0.25) is 0 Å². The van der Waals surface area contributed by atoms with Gasteiger partial charge in [-0.25, -0.2) is 9.59 Å². The highest BCUT2D eigenvalue weighted by Crippen LogP contribution is 2.30. The fraction of sp³-hybridized carbons (Fsp3) is 0.273. The van der Waals surface area contributed by atoms with E-state index in [9.17, 15) is 22.8 Å². The van der Waals surface area contributed by atoms with Crippen LogP contribution in [0.2, 0.25) is 0 Å². The highest BCUT2D eigenvalue weighted by Gasteiger charge is 2.32. The molecule has 0 atom stereocenters. The Labute approximate surface area is 100 Å². The maximum Gasteiger partial charge on any atom is 0.416 e. The molecule has 0 aliphatic rings. The lowest BCUT2D eigenvalue weighted by molar-refractivity contribution is -0.137. The van der Waals surface area contributed by atoms with E-state index < -0.39 is 29.2 Å². The van der Waals surface area contributed by atoms with Crippen molar-refractivity contribution in [2.45, 2.75) is 6.18 Å². The van der Waals surface area contributed by atoms with Crippen LogP contribution < -0.4 is 0 Å². The third-order valence-electron chi connectivity index (χ3n) is 2.16. The lowest BCUT2D eigenvalue weighted by Gasteiger charge is -2.11. The van der Waals surface area contributed by atoms with Crippen LogP contribution in [0.5, 0.6) is 0 Å². The van der Waals surface area contributed by atoms with Gasteiger partial charge in [0.15, 0.2) is 0 Å². The summed E-state index contributed by atoms with van der Waals surface area (Å²) >= 11 is 0. The Hall–Kier alpha value is -2.05. The van der Waals surface area contributed by atoms with Crippen molar-refractivity contribution in [3.05, 3.63) is 34.9 Å². The number of rotatable bonds is 2. The second kappa shape index (κ2) is 5.07. The molecule has 0 unspecified atom stereocenters. The van der Waals surface area contributed by atoms with E-state index in [-0.39, 0.29) is 5.56 Å². The molecule has 4 nitrogen and oxygen atoms in total. The van der Waals surface area contributed by atoms with Crippen molar-refractivity contribution in [1.82, 2.24) is 0 Å². The summed E-state index contributed by atoms with van der Waals surface area (Å²) in [6.07, 6.45) is -4.61. The molecule has 0 spiro atoms. The number of methoxy groups -OCH3 is 2. The number of hydrogen-bond donors (Lipinski definition) is 0. The van der Waals surface area contributed by atoms with Crippen LogP contribution in [0.4, 0.5) is 13.2 Å². The number of benzene rings is 1. The van der Waals surface area contributed by atoms with E-state index in [1.165, 1.54) is 0 Å². The molecule has 98 valence electrons. The summed E-state index contributed by atoms with van der Waals surface area (Å²) in [4.78, 5) is 22.6. The Morgan fingerprint density at radius 3 is 1.94 bits per heavy atom. The van der Waals surface area contributed by atoms with Gasteiger partial charge in [0.05, 0.1) is 30.9 Å². The van der Waals surface area contributed by atoms with Crippen molar-refractivity contribution < 1.29 is 32.2 Å². The molecule has 1 rings (SSSR count). The molecule has 0 saturated carbocycles. The summed E-state index contributed by atoms with van der Waals surface area (Å²) in [6, 6.07) is 2.12. The Balaban J connectivity index is 3.39. The van der Waals surface area contributed by atoms with Gasteiger partial charge < -0.3 is 9.47 Å². The van der Waals surface area contributed by atoms with Gasteiger partial charge in [0.1, 0.15) is 0 Å². The Bertz CT molecular complexity index is 480. The lowest BCUT2D eigenvalue weighted by Crippen LogP contribution is -2.14. The van der Waals surface area contributed by atoms with Crippen LogP contribution in [0.15, 0.2) is 18.2 Å². The van der Waals surface area contributed by atoms with Gasteiger partial charge >= 0.3 is 18.1 Å². The number of hydrogen-bond acceptors (Lipinski definition) is 4. The van der Waals surface area contributed by atoms with Gasteiger partial charge in [-0.1, -0.05) is 0 Å². The highest BCUT2D eigenvalue weighted by molar-refractivity contribution is 6.03. The molecule has 7 heteroatoms. The monoisotopic (exact) mass is 262 g/mol. The molecule has 0 heterocycles. The number of esters is 2. The maximum atomic E-state index is 12.5. The SMILES string of the molecule is COC(=O)c1ccc(C(F)(F)F)cc1C(=O)OC. The third kappa shape index (κ3) is 2.79. The molecule has 0 fully saturated rings. The van der Waals surface area contributed by atoms with Crippen molar-refractivity contribution in [2.75, 3.05) is 14.2 Å². The standard InChI is InChI=1S/C11H9F3O4/c1-17-9(15)7-4-3-6(11(12,13)14)5-8(7)10(16)18-2/h3-5H,1-2H3. The van der Waals surface area contributed by atoms with E-state index >= 15 is 0 Å². The highest BCUT2D eigenvalue weighted by atomic mass is 19.4. The van der Waals surface area contributed by atoms with E-state index in [1.54, 1.807) is 0 Å². The van der Waals surface area contributed by atoms with Gasteiger partial charge in [0.25, 0.3) is 0 Å². The van der Waals surface area contributed by atoms with Crippen LogP contribution in [0, 0.1) is 0 Å². The van der Waals surface area contributed by atoms with Gasteiger partial charge in [-0.2, -0.15) is 13.2 Å². The lowest BCUT2D eigenvalue weighted by atomic mass is 10.0. The minimum Gasteiger partial charge on any atom is -0.465 e. The predicted molar refractivity (Wildman–Crippen MR) is 54.1 cm³/mol. The first-order valence-electron chi connectivity index (χ1n) is 4.69. The first-order chi connectivity index (χ1) is 8.31. The minimum absolute atomic E-state index is 0.280. The van der Waals surface area contributed by atoms with Crippen molar-refractivity contribution in [2.24, 2.45) is 0 Å². The Morgan fingerprint density at radius 2 is 1.50 bits per heavy atom. The predicted octanol–water partition coefficient (Wildman–Crippen LogP) is 2.28. The molecule has 1 aromatic rings. The number of halogens is 3. The largest absolute Gasteiger partial charge is 0.465 e. The molecule has 0 bridgehead atoms. The molecule has 0 aliphatic heterocycles. The third-order valence-corrected chi connectivity index (χ3v) is 2.16. The molecule has 0 aromatic heterocycles. The number of carbonyl (C=O) groups excluding carboxylic acids is 2. The number of alkyl halides is 3. The first-order valence-corrected chi connectivity index (χ1v) is 4.69. The fourth-order valence-corrected chi connectivity index (χ4v) is 1.29. The topological polar surface area (TPSA) is 52.6 Å². The molecule has 0 radical (unpaired) electrons. The fourth-order valence-electron chi connectivity index (χ4n) is 1.29. The van der Waals surface area contributed by atoms with E-state index in [4.69, 9.17) is 0 Å². The molecular weight excluding hydrogens is 253 g/mol. The number of carbonyl (C=O) groups is 2. The van der Waals surface area contributed by atoms with Gasteiger partial charge in [-0.05, 0) is 18.2 Å². The molecular formula is C11H9F3O4. The van der Waals surface area contributed by atoms with Gasteiger partial charge in [0, 0.05) is 0 Å². The van der Waals surface area contributed by atoms with Crippen LogP contribution in [0.25, 0.3) is 0 Å². The van der Waals surface area contributed by atoms with Crippen molar-refractivity contribution in [3.8, 4) is 0 Å². The molecule has 0 amide bonds. The minimum atomic E-state index is -4.61. The maximum absolute atomic E-state index is 12.5. The average molecular weight is 262 g/mol. The molecule has 1 aromatic carbocycles. The molecule has 0 saturated heterocycles. The van der Waals surface area contributed by atoms with Crippen LogP contribution in [-0.4, -0.2) is 26.2 Å². The summed E-state index contributed by atoms with van der Waals surface area (Å²) in [6.45, 7) is 0. The van der Waals surface area contributed by atoms with Crippen molar-refractivity contribution in [1.29, 1.82) is 0 Å². The summed E-state index contributed by atoms with van der Waals surface area (Å²) in [7, 11) is 2.06. The molecule has 0 N–H and O–H groups in total. The first kappa shape index (κ1) is 14.0. The summed E-state index contributed by atoms with van der Waals surface area (Å²) in [5.41, 5.74) is -1.81. The number of ether oxygens (including phenoxy) is 2. The second-order valence-corrected chi connectivity index (χ2v) is 3.24. The van der Waals surface area contributed by atoms with Crippen molar-refractivity contribution >= 4 is 11.9 Å². The van der Waals surface area contributed by atoms with Crippen LogP contribution in [-0.2, 0) is 15.7 Å². The van der Waals surface area contributed by atoms with Crippen LogP contribution in [0.1, 0.15) is 26.3 Å². The zero-order chi connectivity index (χ0) is 13.9. The zero-order valence-electron chi connectivity index (χ0n) is 9.50. The van der Waals surface area contributed by atoms with E-state index in [1.807, 2.05) is 0 Å². The summed E-state index contributed by atoms with van der Waals surface area (Å²) < 4.78 is 46.1. The molecule has 18 heavy (non-hydrogen) atoms. The van der Waals surface area contributed by atoms with Gasteiger partial charge in [-0.15, -0.1) is 0 Å². The van der Waals surface area contributed by atoms with Crippen LogP contribution >= 0.6 is 0 Å². The van der Waals surface area contributed by atoms with Crippen LogP contribution in [0.3, 0.4) is 0 Å². The van der Waals surface area contributed by atoms with Crippen molar-refractivity contribution in [3.63, 3.8) is 0 Å². The Kier molecular flexibility index (Phi) is 3.95. The average Bonchev–Trinajstić information content (AvgIpc) is 2.35. The summed E-state index contributed by atoms with van der Waals surface area (Å²) in [5, 5.41) is 0. The van der Waals surface area contributed by atoms with E-state index in [0.29, 0.717) is 12.1 Å². The van der Waals surface area contributed by atoms with E-state index in [0.717, 1.165) is 20.3 Å². The molecule has 0 aliphatic carbocycles. The zero-order valence-corrected chi connectivity index (χ0v) is 9.50. The Morgan fingerprint density at radius 1 is 1.00 bits per heavy atom. The summed E-state index contributed by atoms with van der Waals surface area (Å²) in [5.74, 6) is -1.95. The normalized spacial score (nSPS) is 10.9. The quantitative estimate of drug-likeness (QED) is 0.767.